The van der Waals surface area contributed by atoms with Crippen LogP contribution in [0.25, 0.3) is 0 Å². The van der Waals surface area contributed by atoms with Crippen molar-refractivity contribution in [2.24, 2.45) is 0 Å². The predicted molar refractivity (Wildman–Crippen MR) is 112 cm³/mol. The molecule has 0 aliphatic carbocycles. The number of amides is 1. The van der Waals surface area contributed by atoms with E-state index in [1.54, 1.807) is 20.8 Å². The van der Waals surface area contributed by atoms with E-state index in [4.69, 9.17) is 9.15 Å². The molecule has 0 atom stereocenters. The summed E-state index contributed by atoms with van der Waals surface area (Å²) in [6.07, 6.45) is 2.75. The summed E-state index contributed by atoms with van der Waals surface area (Å²) < 4.78 is 37.8. The second kappa shape index (κ2) is 9.93. The lowest BCUT2D eigenvalue weighted by atomic mass is 10.1. The van der Waals surface area contributed by atoms with E-state index in [1.165, 1.54) is 12.1 Å². The third kappa shape index (κ3) is 7.55. The Kier molecular flexibility index (Phi) is 7.87. The SMILES string of the molecule is CCCCOc1ccc(CCNC(=O)c2ccc(S(=O)(=O)NC(C)(C)C)o2)cc1. The average molecular weight is 423 g/mol. The quantitative estimate of drug-likeness (QED) is 0.571. The van der Waals surface area contributed by atoms with Gasteiger partial charge in [0, 0.05) is 12.1 Å². The molecule has 0 aliphatic heterocycles. The molecule has 7 nitrogen and oxygen atoms in total. The Hall–Kier alpha value is -2.32. The van der Waals surface area contributed by atoms with Gasteiger partial charge in [0.15, 0.2) is 5.76 Å². The lowest BCUT2D eigenvalue weighted by Crippen LogP contribution is -2.40. The summed E-state index contributed by atoms with van der Waals surface area (Å²) in [5, 5.41) is 2.46. The molecule has 0 bridgehead atoms. The van der Waals surface area contributed by atoms with Gasteiger partial charge in [-0.3, -0.25) is 4.79 Å². The van der Waals surface area contributed by atoms with Crippen molar-refractivity contribution in [2.45, 2.75) is 57.6 Å². The first-order valence-electron chi connectivity index (χ1n) is 9.74. The fraction of sp³-hybridized carbons (Fsp3) is 0.476. The molecule has 2 N–H and O–H groups in total. The zero-order valence-electron chi connectivity index (χ0n) is 17.4. The normalized spacial score (nSPS) is 12.0. The number of carbonyl (C=O) groups excluding carboxylic acids is 1. The minimum Gasteiger partial charge on any atom is -0.494 e. The monoisotopic (exact) mass is 422 g/mol. The summed E-state index contributed by atoms with van der Waals surface area (Å²) in [5.41, 5.74) is 0.412. The molecule has 0 radical (unpaired) electrons. The molecule has 0 aliphatic rings. The molecule has 160 valence electrons. The topological polar surface area (TPSA) is 97.6 Å². The van der Waals surface area contributed by atoms with Crippen LogP contribution in [0, 0.1) is 0 Å². The fourth-order valence-electron chi connectivity index (χ4n) is 2.53. The number of nitrogens with one attached hydrogen (secondary N) is 2. The van der Waals surface area contributed by atoms with Crippen LogP contribution in [0.3, 0.4) is 0 Å². The van der Waals surface area contributed by atoms with E-state index in [9.17, 15) is 13.2 Å². The number of hydrogen-bond acceptors (Lipinski definition) is 5. The van der Waals surface area contributed by atoms with Crippen LogP contribution >= 0.6 is 0 Å². The van der Waals surface area contributed by atoms with Crippen molar-refractivity contribution in [3.63, 3.8) is 0 Å². The van der Waals surface area contributed by atoms with Gasteiger partial charge < -0.3 is 14.5 Å². The van der Waals surface area contributed by atoms with Crippen LogP contribution in [-0.2, 0) is 16.4 Å². The number of benzene rings is 1. The first-order chi connectivity index (χ1) is 13.6. The lowest BCUT2D eigenvalue weighted by molar-refractivity contribution is 0.0921. The number of carbonyl (C=O) groups is 1. The third-order valence-electron chi connectivity index (χ3n) is 3.90. The highest BCUT2D eigenvalue weighted by atomic mass is 32.2. The van der Waals surface area contributed by atoms with E-state index in [-0.39, 0.29) is 10.9 Å². The van der Waals surface area contributed by atoms with Gasteiger partial charge in [0.2, 0.25) is 5.09 Å². The van der Waals surface area contributed by atoms with Crippen molar-refractivity contribution in [2.75, 3.05) is 13.2 Å². The zero-order valence-corrected chi connectivity index (χ0v) is 18.3. The minimum atomic E-state index is -3.82. The maximum Gasteiger partial charge on any atom is 0.287 e. The Morgan fingerprint density at radius 2 is 1.79 bits per heavy atom. The van der Waals surface area contributed by atoms with Crippen molar-refractivity contribution in [1.29, 1.82) is 0 Å². The summed E-state index contributed by atoms with van der Waals surface area (Å²) in [6, 6.07) is 10.4. The lowest BCUT2D eigenvalue weighted by Gasteiger charge is -2.18. The van der Waals surface area contributed by atoms with Crippen LogP contribution < -0.4 is 14.8 Å². The predicted octanol–water partition coefficient (Wildman–Crippen LogP) is 3.51. The number of furan rings is 1. The molecule has 0 saturated carbocycles. The molecule has 1 aromatic heterocycles. The highest BCUT2D eigenvalue weighted by molar-refractivity contribution is 7.89. The summed E-state index contributed by atoms with van der Waals surface area (Å²) in [7, 11) is -3.82. The fourth-order valence-corrected chi connectivity index (χ4v) is 3.89. The molecule has 2 rings (SSSR count). The first kappa shape index (κ1) is 23.0. The maximum atomic E-state index is 12.2. The highest BCUT2D eigenvalue weighted by Gasteiger charge is 2.26. The van der Waals surface area contributed by atoms with E-state index >= 15 is 0 Å². The number of hydrogen-bond donors (Lipinski definition) is 2. The number of sulfonamides is 1. The molecular formula is C21H30N2O5S. The second-order valence-electron chi connectivity index (χ2n) is 7.83. The van der Waals surface area contributed by atoms with Crippen LogP contribution in [-0.4, -0.2) is 33.0 Å². The van der Waals surface area contributed by atoms with E-state index in [0.717, 1.165) is 24.2 Å². The zero-order chi connectivity index (χ0) is 21.5. The van der Waals surface area contributed by atoms with Gasteiger partial charge in [-0.15, -0.1) is 0 Å². The summed E-state index contributed by atoms with van der Waals surface area (Å²) >= 11 is 0. The highest BCUT2D eigenvalue weighted by Crippen LogP contribution is 2.17. The molecule has 29 heavy (non-hydrogen) atoms. The molecular weight excluding hydrogens is 392 g/mol. The van der Waals surface area contributed by atoms with Gasteiger partial charge in [-0.2, -0.15) is 0 Å². The first-order valence-corrected chi connectivity index (χ1v) is 11.2. The van der Waals surface area contributed by atoms with Gasteiger partial charge in [0.25, 0.3) is 15.9 Å². The molecule has 1 amide bonds. The molecule has 8 heteroatoms. The molecule has 2 aromatic rings. The minimum absolute atomic E-state index is 0.0426. The molecule has 0 spiro atoms. The Bertz CT molecular complexity index is 896. The van der Waals surface area contributed by atoms with E-state index < -0.39 is 21.5 Å². The summed E-state index contributed by atoms with van der Waals surface area (Å²) in [4.78, 5) is 12.2. The molecule has 1 heterocycles. The molecule has 0 unspecified atom stereocenters. The largest absolute Gasteiger partial charge is 0.494 e. The smallest absolute Gasteiger partial charge is 0.287 e. The Morgan fingerprint density at radius 3 is 2.41 bits per heavy atom. The van der Waals surface area contributed by atoms with Gasteiger partial charge in [-0.1, -0.05) is 25.5 Å². The Balaban J connectivity index is 1.85. The van der Waals surface area contributed by atoms with Gasteiger partial charge in [-0.05, 0) is 63.4 Å². The molecule has 1 aromatic carbocycles. The van der Waals surface area contributed by atoms with E-state index in [0.29, 0.717) is 19.6 Å². The van der Waals surface area contributed by atoms with E-state index in [1.807, 2.05) is 24.3 Å². The number of rotatable bonds is 10. The molecule has 0 fully saturated rings. The Morgan fingerprint density at radius 1 is 1.10 bits per heavy atom. The number of unbranched alkanes of at least 4 members (excludes halogenated alkanes) is 1. The van der Waals surface area contributed by atoms with Crippen LogP contribution in [0.5, 0.6) is 5.75 Å². The van der Waals surface area contributed by atoms with Crippen LogP contribution in [0.15, 0.2) is 45.9 Å². The van der Waals surface area contributed by atoms with Crippen molar-refractivity contribution in [3.05, 3.63) is 47.7 Å². The van der Waals surface area contributed by atoms with Crippen LogP contribution in [0.1, 0.15) is 56.7 Å². The van der Waals surface area contributed by atoms with Crippen LogP contribution in [0.4, 0.5) is 0 Å². The summed E-state index contributed by atoms with van der Waals surface area (Å²) in [6.45, 7) is 8.41. The standard InChI is InChI=1S/C21H30N2O5S/c1-5-6-15-27-17-9-7-16(8-10-17)13-14-22-20(24)18-11-12-19(28-18)29(25,26)23-21(2,3)4/h7-12,23H,5-6,13-15H2,1-4H3,(H,22,24). The van der Waals surface area contributed by atoms with Crippen LogP contribution in [0.2, 0.25) is 0 Å². The van der Waals surface area contributed by atoms with Gasteiger partial charge >= 0.3 is 0 Å². The van der Waals surface area contributed by atoms with Gasteiger partial charge in [-0.25, -0.2) is 13.1 Å². The van der Waals surface area contributed by atoms with E-state index in [2.05, 4.69) is 17.0 Å². The number of ether oxygens (including phenoxy) is 1. The Labute approximate surface area is 172 Å². The second-order valence-corrected chi connectivity index (χ2v) is 9.44. The third-order valence-corrected chi connectivity index (χ3v) is 5.53. The maximum absolute atomic E-state index is 12.2. The van der Waals surface area contributed by atoms with Crippen molar-refractivity contribution >= 4 is 15.9 Å². The van der Waals surface area contributed by atoms with Crippen molar-refractivity contribution in [3.8, 4) is 5.75 Å². The molecule has 0 saturated heterocycles. The van der Waals surface area contributed by atoms with Gasteiger partial charge in [0.05, 0.1) is 6.61 Å². The van der Waals surface area contributed by atoms with Gasteiger partial charge in [0.1, 0.15) is 5.75 Å². The summed E-state index contributed by atoms with van der Waals surface area (Å²) in [5.74, 6) is 0.333. The van der Waals surface area contributed by atoms with Crippen molar-refractivity contribution in [1.82, 2.24) is 10.0 Å². The van der Waals surface area contributed by atoms with Crippen molar-refractivity contribution < 1.29 is 22.4 Å². The average Bonchev–Trinajstić information content (AvgIpc) is 3.12.